The first kappa shape index (κ1) is 55.9. The molecule has 336 valence electrons. The molecule has 0 aromatic heterocycles. The van der Waals surface area contributed by atoms with Gasteiger partial charge in [0.25, 0.3) is 7.82 Å². The SMILES string of the molecule is CC/C=C\C/C=C\C/C=C\C/C=C\CCCCCCCCCCCOCC(COP(=O)([O-])OCC[N+](C)(C)C)OC(=O)CCCCCCC/C=C\C/C=C\CCCC. The molecule has 0 aliphatic heterocycles. The van der Waals surface area contributed by atoms with E-state index in [0.717, 1.165) is 83.5 Å². The molecule has 0 saturated heterocycles. The standard InChI is InChI=1S/C49H88NO7P/c1-6-8-10-12-14-16-18-20-22-23-24-25-26-27-28-29-31-33-35-37-39-41-44-54-46-48(47-56-58(52,53)55-45-43-50(3,4)5)57-49(51)42-40-38-36-34-32-30-21-19-17-15-13-11-9-7-2/h8,10,13-16,19-22,24-25,48H,6-7,9,11-12,17-18,23,26-47H2,1-5H3/b10-8-,15-13-,16-14-,21-19-,22-20-,25-24-. The number of carbonyl (C=O) groups excluding carboxylic acids is 1. The molecule has 8 nitrogen and oxygen atoms in total. The minimum atomic E-state index is -4.54. The molecule has 0 fully saturated rings. The van der Waals surface area contributed by atoms with Crippen molar-refractivity contribution in [2.75, 3.05) is 54.1 Å². The summed E-state index contributed by atoms with van der Waals surface area (Å²) in [6.07, 6.45) is 53.4. The van der Waals surface area contributed by atoms with E-state index in [4.69, 9.17) is 18.5 Å². The van der Waals surface area contributed by atoms with Gasteiger partial charge in [-0.05, 0) is 77.0 Å². The van der Waals surface area contributed by atoms with Gasteiger partial charge in [-0.25, -0.2) is 0 Å². The minimum Gasteiger partial charge on any atom is -0.756 e. The van der Waals surface area contributed by atoms with Gasteiger partial charge in [0.1, 0.15) is 19.3 Å². The van der Waals surface area contributed by atoms with Crippen LogP contribution in [0, 0.1) is 0 Å². The fourth-order valence-corrected chi connectivity index (χ4v) is 6.63. The number of rotatable bonds is 42. The van der Waals surface area contributed by atoms with Crippen molar-refractivity contribution < 1.29 is 37.3 Å². The van der Waals surface area contributed by atoms with Crippen LogP contribution < -0.4 is 4.89 Å². The van der Waals surface area contributed by atoms with Crippen LogP contribution in [-0.2, 0) is 27.9 Å². The Labute approximate surface area is 357 Å². The molecule has 0 aliphatic carbocycles. The summed E-state index contributed by atoms with van der Waals surface area (Å²) in [5, 5.41) is 0. The zero-order chi connectivity index (χ0) is 42.7. The largest absolute Gasteiger partial charge is 0.756 e. The average molecular weight is 834 g/mol. The smallest absolute Gasteiger partial charge is 0.306 e. The van der Waals surface area contributed by atoms with Crippen LogP contribution in [0.15, 0.2) is 72.9 Å². The van der Waals surface area contributed by atoms with Crippen LogP contribution in [-0.4, -0.2) is 70.7 Å². The van der Waals surface area contributed by atoms with Crippen LogP contribution in [0.2, 0.25) is 0 Å². The molecule has 0 aliphatic rings. The molecular formula is C49H88NO7P. The summed E-state index contributed by atoms with van der Waals surface area (Å²) in [4.78, 5) is 25.1. The first-order valence-corrected chi connectivity index (χ1v) is 24.6. The lowest BCUT2D eigenvalue weighted by molar-refractivity contribution is -0.870. The third-order valence-corrected chi connectivity index (χ3v) is 10.5. The van der Waals surface area contributed by atoms with Gasteiger partial charge in [-0.3, -0.25) is 9.36 Å². The Kier molecular flexibility index (Phi) is 40.2. The Morgan fingerprint density at radius 2 is 1.00 bits per heavy atom. The monoisotopic (exact) mass is 834 g/mol. The van der Waals surface area contributed by atoms with E-state index in [0.29, 0.717) is 24.1 Å². The van der Waals surface area contributed by atoms with Gasteiger partial charge in [-0.15, -0.1) is 0 Å². The second kappa shape index (κ2) is 41.7. The van der Waals surface area contributed by atoms with Crippen molar-refractivity contribution >= 4 is 13.8 Å². The van der Waals surface area contributed by atoms with Gasteiger partial charge in [0.05, 0.1) is 34.4 Å². The van der Waals surface area contributed by atoms with E-state index in [9.17, 15) is 14.3 Å². The molecule has 0 N–H and O–H groups in total. The van der Waals surface area contributed by atoms with Gasteiger partial charge in [0.15, 0.2) is 0 Å². The number of phosphoric acid groups is 1. The zero-order valence-electron chi connectivity index (χ0n) is 38.0. The fraction of sp³-hybridized carbons (Fsp3) is 0.735. The number of unbranched alkanes of at least 4 members (excludes halogenated alkanes) is 16. The Bertz CT molecular complexity index is 1150. The third-order valence-electron chi connectivity index (χ3n) is 9.49. The number of hydrogen-bond acceptors (Lipinski definition) is 7. The van der Waals surface area contributed by atoms with Crippen LogP contribution in [0.3, 0.4) is 0 Å². The van der Waals surface area contributed by atoms with Gasteiger partial charge in [-0.2, -0.15) is 0 Å². The van der Waals surface area contributed by atoms with Crippen molar-refractivity contribution in [3.8, 4) is 0 Å². The number of esters is 1. The summed E-state index contributed by atoms with van der Waals surface area (Å²) >= 11 is 0. The number of nitrogens with zero attached hydrogens (tertiary/aromatic N) is 1. The van der Waals surface area contributed by atoms with Crippen molar-refractivity contribution in [2.45, 2.75) is 180 Å². The molecule has 2 unspecified atom stereocenters. The Morgan fingerprint density at radius 1 is 0.552 bits per heavy atom. The van der Waals surface area contributed by atoms with E-state index in [-0.39, 0.29) is 25.8 Å². The second-order valence-electron chi connectivity index (χ2n) is 16.4. The number of allylic oxidation sites excluding steroid dienone is 12. The first-order chi connectivity index (χ1) is 28.1. The first-order valence-electron chi connectivity index (χ1n) is 23.2. The molecule has 0 bridgehead atoms. The van der Waals surface area contributed by atoms with E-state index in [1.807, 2.05) is 21.1 Å². The maximum Gasteiger partial charge on any atom is 0.306 e. The Balaban J connectivity index is 4.21. The molecule has 2 atom stereocenters. The van der Waals surface area contributed by atoms with Crippen LogP contribution in [0.5, 0.6) is 0 Å². The molecule has 0 spiro atoms. The van der Waals surface area contributed by atoms with Crippen molar-refractivity contribution in [2.24, 2.45) is 0 Å². The number of carbonyl (C=O) groups is 1. The summed E-state index contributed by atoms with van der Waals surface area (Å²) in [7, 11) is 1.33. The molecule has 0 rings (SSSR count). The van der Waals surface area contributed by atoms with Crippen molar-refractivity contribution in [3.63, 3.8) is 0 Å². The summed E-state index contributed by atoms with van der Waals surface area (Å²) in [6, 6.07) is 0. The summed E-state index contributed by atoms with van der Waals surface area (Å²) in [5.74, 6) is -0.353. The predicted molar refractivity (Wildman–Crippen MR) is 245 cm³/mol. The fourth-order valence-electron chi connectivity index (χ4n) is 5.91. The number of quaternary nitrogens is 1. The topological polar surface area (TPSA) is 94.1 Å². The molecule has 0 amide bonds. The van der Waals surface area contributed by atoms with Gasteiger partial charge < -0.3 is 27.9 Å². The maximum atomic E-state index is 12.7. The van der Waals surface area contributed by atoms with E-state index < -0.39 is 13.9 Å². The molecule has 0 aromatic rings. The highest BCUT2D eigenvalue weighted by atomic mass is 31.2. The normalized spacial score (nSPS) is 14.4. The van der Waals surface area contributed by atoms with Gasteiger partial charge >= 0.3 is 5.97 Å². The van der Waals surface area contributed by atoms with Gasteiger partial charge in [0.2, 0.25) is 0 Å². The molecule has 0 aromatic carbocycles. The Hall–Kier alpha value is -2.06. The highest BCUT2D eigenvalue weighted by Gasteiger charge is 2.20. The lowest BCUT2D eigenvalue weighted by Crippen LogP contribution is -2.37. The van der Waals surface area contributed by atoms with Crippen LogP contribution >= 0.6 is 7.82 Å². The number of ether oxygens (including phenoxy) is 2. The number of hydrogen-bond donors (Lipinski definition) is 0. The molecule has 0 heterocycles. The number of phosphoric ester groups is 1. The highest BCUT2D eigenvalue weighted by Crippen LogP contribution is 2.38. The van der Waals surface area contributed by atoms with Gasteiger partial charge in [-0.1, -0.05) is 164 Å². The molecule has 0 radical (unpaired) electrons. The molecular weight excluding hydrogens is 746 g/mol. The Morgan fingerprint density at radius 3 is 1.50 bits per heavy atom. The van der Waals surface area contributed by atoms with Crippen molar-refractivity contribution in [3.05, 3.63) is 72.9 Å². The second-order valence-corrected chi connectivity index (χ2v) is 17.8. The molecule has 0 saturated carbocycles. The van der Waals surface area contributed by atoms with E-state index >= 15 is 0 Å². The van der Waals surface area contributed by atoms with Crippen LogP contribution in [0.25, 0.3) is 0 Å². The summed E-state index contributed by atoms with van der Waals surface area (Å²) < 4.78 is 34.6. The lowest BCUT2D eigenvalue weighted by Gasteiger charge is -2.28. The van der Waals surface area contributed by atoms with Crippen molar-refractivity contribution in [1.82, 2.24) is 0 Å². The minimum absolute atomic E-state index is 0.0185. The van der Waals surface area contributed by atoms with E-state index in [1.54, 1.807) is 0 Å². The lowest BCUT2D eigenvalue weighted by atomic mass is 10.1. The van der Waals surface area contributed by atoms with Crippen LogP contribution in [0.1, 0.15) is 174 Å². The van der Waals surface area contributed by atoms with Crippen molar-refractivity contribution in [1.29, 1.82) is 0 Å². The van der Waals surface area contributed by atoms with Crippen LogP contribution in [0.4, 0.5) is 0 Å². The zero-order valence-corrected chi connectivity index (χ0v) is 38.9. The van der Waals surface area contributed by atoms with E-state index in [2.05, 4.69) is 86.8 Å². The molecule has 58 heavy (non-hydrogen) atoms. The van der Waals surface area contributed by atoms with Gasteiger partial charge in [0, 0.05) is 13.0 Å². The quantitative estimate of drug-likeness (QED) is 0.0199. The summed E-state index contributed by atoms with van der Waals surface area (Å²) in [5.41, 5.74) is 0. The summed E-state index contributed by atoms with van der Waals surface area (Å²) in [6.45, 7) is 5.21. The predicted octanol–water partition coefficient (Wildman–Crippen LogP) is 13.3. The third kappa shape index (κ3) is 45.0. The highest BCUT2D eigenvalue weighted by molar-refractivity contribution is 7.45. The number of likely N-dealkylation sites (N-methyl/N-ethyl adjacent to an activating group) is 1. The molecule has 9 heteroatoms. The van der Waals surface area contributed by atoms with E-state index in [1.165, 1.54) is 70.6 Å². The maximum absolute atomic E-state index is 12.7. The average Bonchev–Trinajstić information content (AvgIpc) is 3.18.